The van der Waals surface area contributed by atoms with Gasteiger partial charge in [-0.3, -0.25) is 0 Å². The number of hydrogen-bond acceptors (Lipinski definition) is 3. The van der Waals surface area contributed by atoms with E-state index in [0.717, 1.165) is 17.7 Å². The van der Waals surface area contributed by atoms with E-state index in [9.17, 15) is 13.2 Å². The molecule has 2 N–H and O–H groups in total. The standard InChI is InChI=1S/C17H19F3N4S/c1-12-6-7-21-15(10-12)23-16(25)22-8-9-24(2)14-5-3-4-13(11-14)17(18,19)20/h3-7,10-11H,8-9H2,1-2H3,(H2,21,22,23,25). The number of anilines is 2. The zero-order valence-corrected chi connectivity index (χ0v) is 14.7. The Labute approximate surface area is 150 Å². The molecule has 0 spiro atoms. The zero-order valence-electron chi connectivity index (χ0n) is 13.9. The summed E-state index contributed by atoms with van der Waals surface area (Å²) in [7, 11) is 1.73. The number of hydrogen-bond donors (Lipinski definition) is 2. The van der Waals surface area contributed by atoms with Crippen LogP contribution in [0.5, 0.6) is 0 Å². The normalized spacial score (nSPS) is 11.1. The first-order chi connectivity index (χ1) is 11.8. The van der Waals surface area contributed by atoms with Gasteiger partial charge in [-0.2, -0.15) is 13.2 Å². The van der Waals surface area contributed by atoms with Crippen molar-refractivity contribution in [1.29, 1.82) is 0 Å². The second-order valence-electron chi connectivity index (χ2n) is 5.57. The lowest BCUT2D eigenvalue weighted by atomic mass is 10.2. The molecule has 0 saturated heterocycles. The molecular formula is C17H19F3N4S. The summed E-state index contributed by atoms with van der Waals surface area (Å²) in [5.74, 6) is 0.642. The van der Waals surface area contributed by atoms with E-state index in [0.29, 0.717) is 29.7 Å². The first-order valence-corrected chi connectivity index (χ1v) is 8.02. The molecule has 0 bridgehead atoms. The monoisotopic (exact) mass is 368 g/mol. The van der Waals surface area contributed by atoms with Gasteiger partial charge in [-0.15, -0.1) is 0 Å². The lowest BCUT2D eigenvalue weighted by molar-refractivity contribution is -0.137. The fourth-order valence-electron chi connectivity index (χ4n) is 2.15. The molecule has 0 fully saturated rings. The second-order valence-corrected chi connectivity index (χ2v) is 5.98. The lowest BCUT2D eigenvalue weighted by Crippen LogP contribution is -2.35. The van der Waals surface area contributed by atoms with Gasteiger partial charge in [0.15, 0.2) is 5.11 Å². The highest BCUT2D eigenvalue weighted by Crippen LogP contribution is 2.31. The van der Waals surface area contributed by atoms with Gasteiger partial charge in [0.25, 0.3) is 0 Å². The van der Waals surface area contributed by atoms with E-state index in [1.54, 1.807) is 24.2 Å². The van der Waals surface area contributed by atoms with E-state index in [1.807, 2.05) is 19.1 Å². The molecule has 1 aromatic heterocycles. The largest absolute Gasteiger partial charge is 0.416 e. The Hall–Kier alpha value is -2.35. The van der Waals surface area contributed by atoms with Gasteiger partial charge in [0.1, 0.15) is 5.82 Å². The zero-order chi connectivity index (χ0) is 18.4. The van der Waals surface area contributed by atoms with Gasteiger partial charge in [-0.1, -0.05) is 6.07 Å². The number of rotatable bonds is 5. The quantitative estimate of drug-likeness (QED) is 0.785. The fraction of sp³-hybridized carbons (Fsp3) is 0.294. The molecule has 1 heterocycles. The first-order valence-electron chi connectivity index (χ1n) is 7.61. The van der Waals surface area contributed by atoms with E-state index in [-0.39, 0.29) is 0 Å². The minimum atomic E-state index is -4.35. The van der Waals surface area contributed by atoms with E-state index >= 15 is 0 Å². The van der Waals surface area contributed by atoms with Crippen LogP contribution in [0.15, 0.2) is 42.6 Å². The van der Waals surface area contributed by atoms with Gasteiger partial charge in [-0.05, 0) is 55.0 Å². The molecule has 0 amide bonds. The van der Waals surface area contributed by atoms with Crippen LogP contribution in [0, 0.1) is 6.92 Å². The molecule has 0 radical (unpaired) electrons. The maximum absolute atomic E-state index is 12.8. The van der Waals surface area contributed by atoms with Crippen LogP contribution in [0.3, 0.4) is 0 Å². The average molecular weight is 368 g/mol. The number of halogens is 3. The first kappa shape index (κ1) is 19.0. The minimum absolute atomic E-state index is 0.413. The number of likely N-dealkylation sites (N-methyl/N-ethyl adjacent to an activating group) is 1. The van der Waals surface area contributed by atoms with Crippen molar-refractivity contribution in [2.24, 2.45) is 0 Å². The minimum Gasteiger partial charge on any atom is -0.373 e. The van der Waals surface area contributed by atoms with Crippen molar-refractivity contribution in [3.8, 4) is 0 Å². The van der Waals surface area contributed by atoms with Crippen LogP contribution in [0.1, 0.15) is 11.1 Å². The van der Waals surface area contributed by atoms with Gasteiger partial charge in [0, 0.05) is 32.0 Å². The molecule has 0 unspecified atom stereocenters. The molecule has 8 heteroatoms. The predicted octanol–water partition coefficient (Wildman–Crippen LogP) is 3.83. The van der Waals surface area contributed by atoms with Crippen molar-refractivity contribution >= 4 is 28.8 Å². The van der Waals surface area contributed by atoms with Crippen molar-refractivity contribution in [3.63, 3.8) is 0 Å². The molecule has 25 heavy (non-hydrogen) atoms. The highest BCUT2D eigenvalue weighted by Gasteiger charge is 2.30. The summed E-state index contributed by atoms with van der Waals surface area (Å²) in [5, 5.41) is 6.39. The summed E-state index contributed by atoms with van der Waals surface area (Å²) in [5.41, 5.74) is 0.896. The third-order valence-corrected chi connectivity index (χ3v) is 3.75. The Morgan fingerprint density at radius 3 is 2.68 bits per heavy atom. The summed E-state index contributed by atoms with van der Waals surface area (Å²) < 4.78 is 38.3. The number of pyridine rings is 1. The van der Waals surface area contributed by atoms with Gasteiger partial charge in [-0.25, -0.2) is 4.98 Å². The summed E-state index contributed by atoms with van der Waals surface area (Å²) in [4.78, 5) is 5.88. The molecule has 2 aromatic rings. The maximum Gasteiger partial charge on any atom is 0.416 e. The third kappa shape index (κ3) is 5.90. The van der Waals surface area contributed by atoms with Crippen LogP contribution < -0.4 is 15.5 Å². The van der Waals surface area contributed by atoms with Crippen molar-refractivity contribution in [2.45, 2.75) is 13.1 Å². The molecule has 2 rings (SSSR count). The molecule has 1 aromatic carbocycles. The Morgan fingerprint density at radius 1 is 1.24 bits per heavy atom. The predicted molar refractivity (Wildman–Crippen MR) is 97.9 cm³/mol. The van der Waals surface area contributed by atoms with Gasteiger partial charge < -0.3 is 15.5 Å². The third-order valence-electron chi connectivity index (χ3n) is 3.50. The topological polar surface area (TPSA) is 40.2 Å². The van der Waals surface area contributed by atoms with Crippen molar-refractivity contribution < 1.29 is 13.2 Å². The van der Waals surface area contributed by atoms with Crippen molar-refractivity contribution in [3.05, 3.63) is 53.7 Å². The molecule has 134 valence electrons. The summed E-state index contributed by atoms with van der Waals surface area (Å²) in [6.07, 6.45) is -2.66. The van der Waals surface area contributed by atoms with Gasteiger partial charge in [0.05, 0.1) is 5.56 Å². The van der Waals surface area contributed by atoms with Crippen molar-refractivity contribution in [1.82, 2.24) is 10.3 Å². The molecule has 0 saturated carbocycles. The van der Waals surface area contributed by atoms with Gasteiger partial charge >= 0.3 is 6.18 Å². The number of aromatic nitrogens is 1. The van der Waals surface area contributed by atoms with E-state index in [2.05, 4.69) is 15.6 Å². The number of benzene rings is 1. The molecule has 0 aliphatic heterocycles. The lowest BCUT2D eigenvalue weighted by Gasteiger charge is -2.21. The van der Waals surface area contributed by atoms with Gasteiger partial charge in [0.2, 0.25) is 0 Å². The maximum atomic E-state index is 12.8. The number of nitrogens with one attached hydrogen (secondary N) is 2. The molecule has 4 nitrogen and oxygen atoms in total. The Kier molecular flexibility index (Phi) is 6.19. The van der Waals surface area contributed by atoms with E-state index in [4.69, 9.17) is 12.2 Å². The Balaban J connectivity index is 1.84. The van der Waals surface area contributed by atoms with E-state index < -0.39 is 11.7 Å². The summed E-state index contributed by atoms with van der Waals surface area (Å²) in [6.45, 7) is 2.92. The number of alkyl halides is 3. The molecule has 0 aliphatic carbocycles. The van der Waals surface area contributed by atoms with Crippen LogP contribution in [0.2, 0.25) is 0 Å². The fourth-order valence-corrected chi connectivity index (χ4v) is 2.36. The average Bonchev–Trinajstić information content (AvgIpc) is 2.54. The van der Waals surface area contributed by atoms with Crippen LogP contribution in [0.4, 0.5) is 24.7 Å². The van der Waals surface area contributed by atoms with Crippen LogP contribution in [0.25, 0.3) is 0 Å². The SMILES string of the molecule is Cc1ccnc(NC(=S)NCCN(C)c2cccc(C(F)(F)F)c2)c1. The van der Waals surface area contributed by atoms with Crippen LogP contribution in [-0.2, 0) is 6.18 Å². The number of thiocarbonyl (C=S) groups is 1. The second kappa shape index (κ2) is 8.15. The molecule has 0 atom stereocenters. The Bertz CT molecular complexity index is 734. The van der Waals surface area contributed by atoms with Crippen molar-refractivity contribution in [2.75, 3.05) is 30.4 Å². The Morgan fingerprint density at radius 2 is 2.00 bits per heavy atom. The summed E-state index contributed by atoms with van der Waals surface area (Å²) in [6, 6.07) is 8.98. The van der Waals surface area contributed by atoms with E-state index in [1.165, 1.54) is 6.07 Å². The highest BCUT2D eigenvalue weighted by atomic mass is 32.1. The summed E-state index contributed by atoms with van der Waals surface area (Å²) >= 11 is 5.19. The molecular weight excluding hydrogens is 349 g/mol. The number of aryl methyl sites for hydroxylation is 1. The smallest absolute Gasteiger partial charge is 0.373 e. The van der Waals surface area contributed by atoms with Crippen LogP contribution in [-0.4, -0.2) is 30.2 Å². The molecule has 0 aliphatic rings. The van der Waals surface area contributed by atoms with Crippen LogP contribution >= 0.6 is 12.2 Å². The number of nitrogens with zero attached hydrogens (tertiary/aromatic N) is 2. The highest BCUT2D eigenvalue weighted by molar-refractivity contribution is 7.80.